The SMILES string of the molecule is Cn1c(-c2cn[nH]c2)nc2cc(C#N)ccc21. The Morgan fingerprint density at radius 2 is 2.29 bits per heavy atom. The van der Waals surface area contributed by atoms with Crippen molar-refractivity contribution in [3.63, 3.8) is 0 Å². The molecule has 0 aliphatic rings. The average Bonchev–Trinajstić information content (AvgIpc) is 2.97. The lowest BCUT2D eigenvalue weighted by atomic mass is 10.2. The van der Waals surface area contributed by atoms with E-state index in [-0.39, 0.29) is 0 Å². The Morgan fingerprint density at radius 1 is 1.41 bits per heavy atom. The molecule has 1 aromatic carbocycles. The highest BCUT2D eigenvalue weighted by atomic mass is 15.1. The van der Waals surface area contributed by atoms with Crippen LogP contribution in [-0.4, -0.2) is 19.7 Å². The number of hydrogen-bond donors (Lipinski definition) is 1. The van der Waals surface area contributed by atoms with E-state index in [0.29, 0.717) is 5.56 Å². The molecule has 0 saturated carbocycles. The fraction of sp³-hybridized carbons (Fsp3) is 0.0833. The van der Waals surface area contributed by atoms with Gasteiger partial charge in [-0.25, -0.2) is 4.98 Å². The number of rotatable bonds is 1. The monoisotopic (exact) mass is 223 g/mol. The third-order valence-electron chi connectivity index (χ3n) is 2.77. The first-order chi connectivity index (χ1) is 8.29. The van der Waals surface area contributed by atoms with Crippen molar-refractivity contribution in [2.45, 2.75) is 0 Å². The van der Waals surface area contributed by atoms with Crippen molar-refractivity contribution < 1.29 is 0 Å². The molecular formula is C12H9N5. The number of H-pyrrole nitrogens is 1. The Bertz CT molecular complexity index is 715. The van der Waals surface area contributed by atoms with Crippen molar-refractivity contribution in [3.8, 4) is 17.5 Å². The van der Waals surface area contributed by atoms with Crippen LogP contribution in [0.4, 0.5) is 0 Å². The van der Waals surface area contributed by atoms with Gasteiger partial charge in [-0.15, -0.1) is 0 Å². The van der Waals surface area contributed by atoms with Gasteiger partial charge in [-0.2, -0.15) is 10.4 Å². The van der Waals surface area contributed by atoms with E-state index in [1.165, 1.54) is 0 Å². The summed E-state index contributed by atoms with van der Waals surface area (Å²) in [4.78, 5) is 4.52. The van der Waals surface area contributed by atoms with Crippen LogP contribution in [0.3, 0.4) is 0 Å². The normalized spacial score (nSPS) is 10.6. The summed E-state index contributed by atoms with van der Waals surface area (Å²) in [6.45, 7) is 0. The Kier molecular flexibility index (Phi) is 1.95. The number of benzene rings is 1. The second kappa shape index (κ2) is 3.46. The minimum absolute atomic E-state index is 0.620. The van der Waals surface area contributed by atoms with E-state index >= 15 is 0 Å². The molecule has 2 aromatic heterocycles. The minimum atomic E-state index is 0.620. The lowest BCUT2D eigenvalue weighted by molar-refractivity contribution is 0.959. The van der Waals surface area contributed by atoms with Gasteiger partial charge in [0.1, 0.15) is 5.82 Å². The van der Waals surface area contributed by atoms with Crippen molar-refractivity contribution in [2.75, 3.05) is 0 Å². The molecule has 82 valence electrons. The molecule has 0 spiro atoms. The number of aromatic nitrogens is 4. The van der Waals surface area contributed by atoms with Gasteiger partial charge in [0.15, 0.2) is 0 Å². The lowest BCUT2D eigenvalue weighted by Gasteiger charge is -1.98. The molecule has 17 heavy (non-hydrogen) atoms. The van der Waals surface area contributed by atoms with Gasteiger partial charge in [0.2, 0.25) is 0 Å². The van der Waals surface area contributed by atoms with Gasteiger partial charge in [0, 0.05) is 13.2 Å². The zero-order valence-corrected chi connectivity index (χ0v) is 9.18. The smallest absolute Gasteiger partial charge is 0.144 e. The number of aromatic amines is 1. The summed E-state index contributed by atoms with van der Waals surface area (Å²) in [7, 11) is 1.95. The molecule has 1 N–H and O–H groups in total. The molecule has 0 unspecified atom stereocenters. The molecule has 3 rings (SSSR count). The number of aryl methyl sites for hydroxylation is 1. The molecule has 2 heterocycles. The number of nitriles is 1. The first-order valence-corrected chi connectivity index (χ1v) is 5.15. The van der Waals surface area contributed by atoms with Crippen LogP contribution in [-0.2, 0) is 7.05 Å². The van der Waals surface area contributed by atoms with Crippen molar-refractivity contribution >= 4 is 11.0 Å². The third kappa shape index (κ3) is 1.39. The summed E-state index contributed by atoms with van der Waals surface area (Å²) in [6, 6.07) is 7.61. The summed E-state index contributed by atoms with van der Waals surface area (Å²) in [6.07, 6.45) is 3.53. The number of nitrogens with zero attached hydrogens (tertiary/aromatic N) is 4. The first kappa shape index (κ1) is 9.60. The van der Waals surface area contributed by atoms with Crippen LogP contribution in [0.2, 0.25) is 0 Å². The van der Waals surface area contributed by atoms with Crippen molar-refractivity contribution in [3.05, 3.63) is 36.2 Å². The van der Waals surface area contributed by atoms with Crippen molar-refractivity contribution in [1.82, 2.24) is 19.7 Å². The van der Waals surface area contributed by atoms with Crippen LogP contribution in [0.15, 0.2) is 30.6 Å². The largest absolute Gasteiger partial charge is 0.327 e. The van der Waals surface area contributed by atoms with Crippen LogP contribution in [0, 0.1) is 11.3 Å². The van der Waals surface area contributed by atoms with Gasteiger partial charge in [-0.1, -0.05) is 0 Å². The van der Waals surface area contributed by atoms with E-state index in [1.807, 2.05) is 17.7 Å². The average molecular weight is 223 g/mol. The fourth-order valence-electron chi connectivity index (χ4n) is 1.90. The molecule has 0 radical (unpaired) electrons. The van der Waals surface area contributed by atoms with Crippen LogP contribution in [0.25, 0.3) is 22.4 Å². The zero-order chi connectivity index (χ0) is 11.8. The Balaban J connectivity index is 2.29. The molecule has 0 atom stereocenters. The Hall–Kier alpha value is -2.61. The van der Waals surface area contributed by atoms with Crippen LogP contribution in [0.1, 0.15) is 5.56 Å². The molecule has 0 bridgehead atoms. The van der Waals surface area contributed by atoms with E-state index < -0.39 is 0 Å². The van der Waals surface area contributed by atoms with Gasteiger partial charge in [0.25, 0.3) is 0 Å². The minimum Gasteiger partial charge on any atom is -0.327 e. The highest BCUT2D eigenvalue weighted by Gasteiger charge is 2.10. The quantitative estimate of drug-likeness (QED) is 0.684. The standard InChI is InChI=1S/C12H9N5/c1-17-11-3-2-8(5-13)4-10(11)16-12(17)9-6-14-15-7-9/h2-4,6-7H,1H3,(H,14,15). The number of fused-ring (bicyclic) bond motifs is 1. The second-order valence-corrected chi connectivity index (χ2v) is 3.80. The molecule has 0 saturated heterocycles. The van der Waals surface area contributed by atoms with E-state index in [2.05, 4.69) is 21.3 Å². The summed E-state index contributed by atoms with van der Waals surface area (Å²) in [5, 5.41) is 15.5. The second-order valence-electron chi connectivity index (χ2n) is 3.80. The predicted molar refractivity (Wildman–Crippen MR) is 63.0 cm³/mol. The Labute approximate surface area is 97.3 Å². The first-order valence-electron chi connectivity index (χ1n) is 5.15. The van der Waals surface area contributed by atoms with Gasteiger partial charge in [-0.3, -0.25) is 5.10 Å². The highest BCUT2D eigenvalue weighted by molar-refractivity contribution is 5.81. The number of nitrogens with one attached hydrogen (secondary N) is 1. The summed E-state index contributed by atoms with van der Waals surface area (Å²) >= 11 is 0. The van der Waals surface area contributed by atoms with Gasteiger partial charge >= 0.3 is 0 Å². The van der Waals surface area contributed by atoms with Gasteiger partial charge in [0.05, 0.1) is 34.4 Å². The van der Waals surface area contributed by atoms with E-state index in [0.717, 1.165) is 22.4 Å². The van der Waals surface area contributed by atoms with Gasteiger partial charge < -0.3 is 4.57 Å². The lowest BCUT2D eigenvalue weighted by Crippen LogP contribution is -1.90. The van der Waals surface area contributed by atoms with E-state index in [9.17, 15) is 0 Å². The molecule has 0 fully saturated rings. The highest BCUT2D eigenvalue weighted by Crippen LogP contribution is 2.23. The molecule has 0 amide bonds. The maximum Gasteiger partial charge on any atom is 0.144 e. The van der Waals surface area contributed by atoms with E-state index in [4.69, 9.17) is 5.26 Å². The molecule has 0 aliphatic heterocycles. The summed E-state index contributed by atoms with van der Waals surface area (Å²) in [5.41, 5.74) is 3.37. The van der Waals surface area contributed by atoms with E-state index in [1.54, 1.807) is 24.5 Å². The molecular weight excluding hydrogens is 214 g/mol. The van der Waals surface area contributed by atoms with Crippen LogP contribution in [0.5, 0.6) is 0 Å². The number of imidazole rings is 1. The topological polar surface area (TPSA) is 70.3 Å². The molecule has 3 aromatic rings. The summed E-state index contributed by atoms with van der Waals surface area (Å²) in [5.74, 6) is 0.837. The number of hydrogen-bond acceptors (Lipinski definition) is 3. The van der Waals surface area contributed by atoms with Crippen molar-refractivity contribution in [1.29, 1.82) is 5.26 Å². The molecule has 5 heteroatoms. The molecule has 0 aliphatic carbocycles. The van der Waals surface area contributed by atoms with Gasteiger partial charge in [-0.05, 0) is 18.2 Å². The third-order valence-corrected chi connectivity index (χ3v) is 2.77. The fourth-order valence-corrected chi connectivity index (χ4v) is 1.90. The molecule has 5 nitrogen and oxygen atoms in total. The summed E-state index contributed by atoms with van der Waals surface area (Å²) < 4.78 is 1.99. The zero-order valence-electron chi connectivity index (χ0n) is 9.18. The van der Waals surface area contributed by atoms with Crippen molar-refractivity contribution in [2.24, 2.45) is 7.05 Å². The maximum atomic E-state index is 8.86. The van der Waals surface area contributed by atoms with Crippen LogP contribution >= 0.6 is 0 Å². The maximum absolute atomic E-state index is 8.86. The predicted octanol–water partition coefficient (Wildman–Crippen LogP) is 1.84. The van der Waals surface area contributed by atoms with Crippen LogP contribution < -0.4 is 0 Å². The Morgan fingerprint density at radius 3 is 3.00 bits per heavy atom.